The van der Waals surface area contributed by atoms with Crippen molar-refractivity contribution in [1.82, 2.24) is 4.90 Å². The van der Waals surface area contributed by atoms with Gasteiger partial charge < -0.3 is 14.9 Å². The van der Waals surface area contributed by atoms with E-state index in [4.69, 9.17) is 0 Å². The number of nitrogens with zero attached hydrogens (tertiary/aromatic N) is 2. The Morgan fingerprint density at radius 2 is 2.00 bits per heavy atom. The second kappa shape index (κ2) is 6.80. The Morgan fingerprint density at radius 3 is 2.73 bits per heavy atom. The number of carbonyl (C=O) groups is 1. The maximum absolute atomic E-state index is 11.6. The van der Waals surface area contributed by atoms with E-state index in [9.17, 15) is 9.90 Å². The number of aliphatic hydroxyl groups is 1. The molecule has 1 unspecified atom stereocenters. The van der Waals surface area contributed by atoms with Crippen molar-refractivity contribution in [3.63, 3.8) is 0 Å². The highest BCUT2D eigenvalue weighted by molar-refractivity contribution is 5.93. The Balaban J connectivity index is 1.61. The molecule has 1 saturated heterocycles. The SMILES string of the molecule is CC(=O)N1CCc2cc(C(O)CCN3CCCCC3)ccc21. The topological polar surface area (TPSA) is 43.8 Å². The van der Waals surface area contributed by atoms with Crippen LogP contribution in [-0.2, 0) is 11.2 Å². The largest absolute Gasteiger partial charge is 0.388 e. The number of piperidine rings is 1. The van der Waals surface area contributed by atoms with E-state index in [1.54, 1.807) is 6.92 Å². The van der Waals surface area contributed by atoms with Gasteiger partial charge in [0.15, 0.2) is 0 Å². The van der Waals surface area contributed by atoms with Gasteiger partial charge in [-0.1, -0.05) is 18.6 Å². The number of carbonyl (C=O) groups excluding carboxylic acids is 1. The molecule has 1 aromatic rings. The van der Waals surface area contributed by atoms with Gasteiger partial charge in [0.1, 0.15) is 0 Å². The summed E-state index contributed by atoms with van der Waals surface area (Å²) in [5.41, 5.74) is 3.19. The lowest BCUT2D eigenvalue weighted by Crippen LogP contribution is -2.31. The number of hydrogen-bond donors (Lipinski definition) is 1. The average Bonchev–Trinajstić information content (AvgIpc) is 2.97. The lowest BCUT2D eigenvalue weighted by atomic mass is 10.0. The van der Waals surface area contributed by atoms with E-state index in [0.717, 1.165) is 37.2 Å². The Kier molecular flexibility index (Phi) is 4.79. The number of hydrogen-bond acceptors (Lipinski definition) is 3. The second-order valence-corrected chi connectivity index (χ2v) is 6.52. The van der Waals surface area contributed by atoms with Crippen LogP contribution in [0, 0.1) is 0 Å². The van der Waals surface area contributed by atoms with Crippen molar-refractivity contribution in [2.24, 2.45) is 0 Å². The zero-order valence-corrected chi connectivity index (χ0v) is 13.4. The van der Waals surface area contributed by atoms with E-state index in [0.29, 0.717) is 0 Å². The van der Waals surface area contributed by atoms with Crippen LogP contribution < -0.4 is 4.90 Å². The monoisotopic (exact) mass is 302 g/mol. The molecule has 0 bridgehead atoms. The lowest BCUT2D eigenvalue weighted by Gasteiger charge is -2.27. The van der Waals surface area contributed by atoms with Crippen LogP contribution in [0.4, 0.5) is 5.69 Å². The first-order chi connectivity index (χ1) is 10.6. The number of likely N-dealkylation sites (tertiary alicyclic amines) is 1. The second-order valence-electron chi connectivity index (χ2n) is 6.52. The molecule has 0 saturated carbocycles. The van der Waals surface area contributed by atoms with Crippen molar-refractivity contribution >= 4 is 11.6 Å². The maximum Gasteiger partial charge on any atom is 0.223 e. The van der Waals surface area contributed by atoms with Gasteiger partial charge in [0.2, 0.25) is 5.91 Å². The van der Waals surface area contributed by atoms with Crippen LogP contribution >= 0.6 is 0 Å². The van der Waals surface area contributed by atoms with Crippen LogP contribution in [0.15, 0.2) is 18.2 Å². The predicted octanol–water partition coefficient (Wildman–Crippen LogP) is 2.51. The highest BCUT2D eigenvalue weighted by atomic mass is 16.3. The molecule has 0 aromatic heterocycles. The van der Waals surface area contributed by atoms with Gasteiger partial charge in [-0.25, -0.2) is 0 Å². The number of amides is 1. The quantitative estimate of drug-likeness (QED) is 0.929. The van der Waals surface area contributed by atoms with E-state index in [-0.39, 0.29) is 5.91 Å². The molecule has 1 fully saturated rings. The number of anilines is 1. The third kappa shape index (κ3) is 3.33. The lowest BCUT2D eigenvalue weighted by molar-refractivity contribution is -0.116. The molecule has 2 aliphatic rings. The van der Waals surface area contributed by atoms with E-state index in [1.807, 2.05) is 17.0 Å². The summed E-state index contributed by atoms with van der Waals surface area (Å²) in [4.78, 5) is 15.9. The fraction of sp³-hybridized carbons (Fsp3) is 0.611. The Hall–Kier alpha value is -1.39. The summed E-state index contributed by atoms with van der Waals surface area (Å²) >= 11 is 0. The van der Waals surface area contributed by atoms with Gasteiger partial charge in [-0.2, -0.15) is 0 Å². The van der Waals surface area contributed by atoms with Gasteiger partial charge in [-0.15, -0.1) is 0 Å². The fourth-order valence-electron chi connectivity index (χ4n) is 3.61. The molecule has 1 aromatic carbocycles. The van der Waals surface area contributed by atoms with Crippen LogP contribution in [0.5, 0.6) is 0 Å². The zero-order chi connectivity index (χ0) is 15.5. The van der Waals surface area contributed by atoms with Crippen molar-refractivity contribution < 1.29 is 9.90 Å². The number of aliphatic hydroxyl groups excluding tert-OH is 1. The van der Waals surface area contributed by atoms with Crippen LogP contribution in [0.25, 0.3) is 0 Å². The summed E-state index contributed by atoms with van der Waals surface area (Å²) in [5.74, 6) is 0.0946. The summed E-state index contributed by atoms with van der Waals surface area (Å²) in [6.45, 7) is 5.68. The van der Waals surface area contributed by atoms with E-state index < -0.39 is 6.10 Å². The predicted molar refractivity (Wildman–Crippen MR) is 88.0 cm³/mol. The first-order valence-electron chi connectivity index (χ1n) is 8.46. The van der Waals surface area contributed by atoms with Crippen LogP contribution in [0.1, 0.15) is 49.8 Å². The third-order valence-electron chi connectivity index (χ3n) is 4.93. The van der Waals surface area contributed by atoms with Crippen molar-refractivity contribution in [2.75, 3.05) is 31.1 Å². The normalized spacial score (nSPS) is 20.0. The molecule has 0 aliphatic carbocycles. The Morgan fingerprint density at radius 1 is 1.23 bits per heavy atom. The number of fused-ring (bicyclic) bond motifs is 1. The van der Waals surface area contributed by atoms with Crippen LogP contribution in [0.3, 0.4) is 0 Å². The van der Waals surface area contributed by atoms with E-state index in [1.165, 1.54) is 37.9 Å². The smallest absolute Gasteiger partial charge is 0.223 e. The molecule has 0 spiro atoms. The van der Waals surface area contributed by atoms with Gasteiger partial charge in [0, 0.05) is 25.7 Å². The van der Waals surface area contributed by atoms with Crippen molar-refractivity contribution in [3.05, 3.63) is 29.3 Å². The van der Waals surface area contributed by atoms with Gasteiger partial charge in [-0.05, 0) is 56.0 Å². The first-order valence-corrected chi connectivity index (χ1v) is 8.46. The highest BCUT2D eigenvalue weighted by Crippen LogP contribution is 2.31. The molecule has 0 radical (unpaired) electrons. The zero-order valence-electron chi connectivity index (χ0n) is 13.4. The Labute approximate surface area is 132 Å². The molecule has 2 heterocycles. The number of benzene rings is 1. The average molecular weight is 302 g/mol. The first kappa shape index (κ1) is 15.5. The minimum absolute atomic E-state index is 0.0946. The molecule has 1 N–H and O–H groups in total. The third-order valence-corrected chi connectivity index (χ3v) is 4.93. The van der Waals surface area contributed by atoms with Gasteiger partial charge in [0.25, 0.3) is 0 Å². The molecule has 1 amide bonds. The molecular formula is C18H26N2O2. The summed E-state index contributed by atoms with van der Waals surface area (Å²) in [5, 5.41) is 10.5. The summed E-state index contributed by atoms with van der Waals surface area (Å²) in [7, 11) is 0. The molecule has 4 nitrogen and oxygen atoms in total. The van der Waals surface area contributed by atoms with Crippen LogP contribution in [-0.4, -0.2) is 42.1 Å². The van der Waals surface area contributed by atoms with Gasteiger partial charge >= 0.3 is 0 Å². The molecule has 3 rings (SSSR count). The van der Waals surface area contributed by atoms with E-state index >= 15 is 0 Å². The molecule has 4 heteroatoms. The fourth-order valence-corrected chi connectivity index (χ4v) is 3.61. The van der Waals surface area contributed by atoms with E-state index in [2.05, 4.69) is 11.0 Å². The maximum atomic E-state index is 11.6. The molecule has 22 heavy (non-hydrogen) atoms. The highest BCUT2D eigenvalue weighted by Gasteiger charge is 2.23. The van der Waals surface area contributed by atoms with Crippen molar-refractivity contribution in [2.45, 2.75) is 45.1 Å². The summed E-state index contributed by atoms with van der Waals surface area (Å²) in [6.07, 6.45) is 5.19. The molecule has 120 valence electrons. The van der Waals surface area contributed by atoms with Gasteiger partial charge in [-0.3, -0.25) is 4.79 Å². The standard InChI is InChI=1S/C18H26N2O2/c1-14(21)20-12-7-15-13-16(5-6-17(15)20)18(22)8-11-19-9-3-2-4-10-19/h5-6,13,18,22H,2-4,7-12H2,1H3. The van der Waals surface area contributed by atoms with Crippen molar-refractivity contribution in [1.29, 1.82) is 0 Å². The number of rotatable bonds is 4. The Bertz CT molecular complexity index is 538. The minimum Gasteiger partial charge on any atom is -0.388 e. The van der Waals surface area contributed by atoms with Crippen LogP contribution in [0.2, 0.25) is 0 Å². The summed E-state index contributed by atoms with van der Waals surface area (Å²) < 4.78 is 0. The summed E-state index contributed by atoms with van der Waals surface area (Å²) in [6, 6.07) is 6.04. The van der Waals surface area contributed by atoms with Gasteiger partial charge in [0.05, 0.1) is 6.10 Å². The molecule has 2 aliphatic heterocycles. The van der Waals surface area contributed by atoms with Crippen molar-refractivity contribution in [3.8, 4) is 0 Å². The molecule has 1 atom stereocenters. The molecular weight excluding hydrogens is 276 g/mol. The minimum atomic E-state index is -0.404.